The first-order valence-corrected chi connectivity index (χ1v) is 10.4. The highest BCUT2D eigenvalue weighted by Gasteiger charge is 2.36. The number of methoxy groups -OCH3 is 1. The van der Waals surface area contributed by atoms with Crippen LogP contribution in [-0.4, -0.2) is 49.7 Å². The summed E-state index contributed by atoms with van der Waals surface area (Å²) in [5.41, 5.74) is 1.25. The Balaban J connectivity index is 1.49. The van der Waals surface area contributed by atoms with Gasteiger partial charge >= 0.3 is 0 Å². The van der Waals surface area contributed by atoms with Gasteiger partial charge in [0.1, 0.15) is 23.0 Å². The van der Waals surface area contributed by atoms with Crippen LogP contribution in [0.15, 0.2) is 47.1 Å². The third kappa shape index (κ3) is 3.44. The molecule has 0 aliphatic carbocycles. The average molecular weight is 388 g/mol. The van der Waals surface area contributed by atoms with Gasteiger partial charge in [-0.15, -0.1) is 0 Å². The number of ether oxygens (including phenoxy) is 1. The molecule has 1 unspecified atom stereocenters. The summed E-state index contributed by atoms with van der Waals surface area (Å²) in [6.45, 7) is 0.611. The van der Waals surface area contributed by atoms with Gasteiger partial charge in [-0.3, -0.25) is 4.79 Å². The van der Waals surface area contributed by atoms with E-state index in [0.717, 1.165) is 10.9 Å². The number of aromatic nitrogens is 1. The molecule has 1 aliphatic heterocycles. The number of nitrogens with one attached hydrogen (secondary N) is 1. The van der Waals surface area contributed by atoms with E-state index in [1.807, 2.05) is 18.2 Å². The number of nitrogens with zero attached hydrogens (tertiary/aromatic N) is 1. The van der Waals surface area contributed by atoms with E-state index in [1.165, 1.54) is 6.26 Å². The third-order valence-electron chi connectivity index (χ3n) is 4.92. The number of rotatable bonds is 5. The van der Waals surface area contributed by atoms with Gasteiger partial charge in [0.2, 0.25) is 0 Å². The number of carbonyl (C=O) groups is 1. The molecule has 0 bridgehead atoms. The summed E-state index contributed by atoms with van der Waals surface area (Å²) >= 11 is 0. The quantitative estimate of drug-likeness (QED) is 0.725. The van der Waals surface area contributed by atoms with Crippen LogP contribution in [0, 0.1) is 0 Å². The summed E-state index contributed by atoms with van der Waals surface area (Å²) in [5.74, 6) is 0.789. The number of H-pyrrole nitrogens is 1. The van der Waals surface area contributed by atoms with Gasteiger partial charge in [-0.25, -0.2) is 8.42 Å². The second-order valence-electron chi connectivity index (χ2n) is 6.68. The number of benzene rings is 1. The number of furan rings is 1. The minimum Gasteiger partial charge on any atom is -0.497 e. The molecule has 0 spiro atoms. The predicted molar refractivity (Wildman–Crippen MR) is 100 cm³/mol. The largest absolute Gasteiger partial charge is 0.497 e. The molecule has 1 saturated heterocycles. The normalized spacial score (nSPS) is 17.5. The lowest BCUT2D eigenvalue weighted by atomic mass is 10.2. The molecule has 8 heteroatoms. The molecular formula is C19H20N2O5S. The van der Waals surface area contributed by atoms with E-state index >= 15 is 0 Å². The van der Waals surface area contributed by atoms with E-state index in [0.29, 0.717) is 30.2 Å². The SMILES string of the molecule is COc1ccc2cc(C(=O)N3CCC(S(=O)(=O)Cc4ccco4)C3)[nH]c2c1. The zero-order valence-corrected chi connectivity index (χ0v) is 15.7. The molecule has 1 N–H and O–H groups in total. The molecular weight excluding hydrogens is 368 g/mol. The lowest BCUT2D eigenvalue weighted by Crippen LogP contribution is -2.32. The molecule has 1 amide bonds. The first-order chi connectivity index (χ1) is 13.0. The number of hydrogen-bond donors (Lipinski definition) is 1. The van der Waals surface area contributed by atoms with Crippen LogP contribution in [0.2, 0.25) is 0 Å². The second-order valence-corrected chi connectivity index (χ2v) is 8.97. The summed E-state index contributed by atoms with van der Waals surface area (Å²) in [4.78, 5) is 17.5. The van der Waals surface area contributed by atoms with Crippen LogP contribution in [0.3, 0.4) is 0 Å². The number of amides is 1. The fourth-order valence-electron chi connectivity index (χ4n) is 3.44. The monoisotopic (exact) mass is 388 g/mol. The standard InChI is InChI=1S/C19H20N2O5S/c1-25-14-5-4-13-9-18(20-17(13)10-14)19(22)21-7-6-16(11-21)27(23,24)12-15-3-2-8-26-15/h2-5,8-10,16,20H,6-7,11-12H2,1H3. The molecule has 2 aromatic heterocycles. The maximum atomic E-state index is 12.8. The van der Waals surface area contributed by atoms with Crippen molar-refractivity contribution in [1.29, 1.82) is 0 Å². The number of likely N-dealkylation sites (tertiary alicyclic amines) is 1. The smallest absolute Gasteiger partial charge is 0.270 e. The summed E-state index contributed by atoms with van der Waals surface area (Å²) in [6, 6.07) is 10.6. The number of fused-ring (bicyclic) bond motifs is 1. The maximum absolute atomic E-state index is 12.8. The Labute approximate surface area is 156 Å². The van der Waals surface area contributed by atoms with Crippen molar-refractivity contribution in [3.63, 3.8) is 0 Å². The van der Waals surface area contributed by atoms with Crippen LogP contribution in [0.1, 0.15) is 22.7 Å². The first-order valence-electron chi connectivity index (χ1n) is 8.66. The highest BCUT2D eigenvalue weighted by molar-refractivity contribution is 7.91. The molecule has 0 radical (unpaired) electrons. The lowest BCUT2D eigenvalue weighted by molar-refractivity contribution is 0.0788. The van der Waals surface area contributed by atoms with Crippen LogP contribution in [0.5, 0.6) is 5.75 Å². The van der Waals surface area contributed by atoms with E-state index in [-0.39, 0.29) is 18.2 Å². The molecule has 142 valence electrons. The van der Waals surface area contributed by atoms with Gasteiger partial charge < -0.3 is 19.0 Å². The maximum Gasteiger partial charge on any atom is 0.270 e. The van der Waals surface area contributed by atoms with Crippen molar-refractivity contribution in [3.8, 4) is 5.75 Å². The Kier molecular flexibility index (Phi) is 4.43. The number of sulfone groups is 1. The van der Waals surface area contributed by atoms with Crippen LogP contribution in [0.25, 0.3) is 10.9 Å². The van der Waals surface area contributed by atoms with Gasteiger partial charge in [0.05, 0.1) is 18.6 Å². The van der Waals surface area contributed by atoms with Crippen molar-refractivity contribution >= 4 is 26.6 Å². The number of carbonyl (C=O) groups excluding carboxylic acids is 1. The van der Waals surface area contributed by atoms with E-state index in [2.05, 4.69) is 4.98 Å². The van der Waals surface area contributed by atoms with Crippen LogP contribution in [-0.2, 0) is 15.6 Å². The van der Waals surface area contributed by atoms with Gasteiger partial charge in [0.15, 0.2) is 9.84 Å². The van der Waals surface area contributed by atoms with Gasteiger partial charge in [0.25, 0.3) is 5.91 Å². The molecule has 3 heterocycles. The molecule has 3 aromatic rings. The minimum atomic E-state index is -3.38. The van der Waals surface area contributed by atoms with Crippen molar-refractivity contribution in [2.75, 3.05) is 20.2 Å². The molecule has 7 nitrogen and oxygen atoms in total. The second kappa shape index (κ2) is 6.77. The van der Waals surface area contributed by atoms with Crippen LogP contribution >= 0.6 is 0 Å². The molecule has 0 saturated carbocycles. The zero-order valence-electron chi connectivity index (χ0n) is 14.8. The predicted octanol–water partition coefficient (Wildman–Crippen LogP) is 2.60. The van der Waals surface area contributed by atoms with Gasteiger partial charge in [-0.1, -0.05) is 0 Å². The van der Waals surface area contributed by atoms with Gasteiger partial charge in [-0.05, 0) is 36.8 Å². The molecule has 1 aliphatic rings. The van der Waals surface area contributed by atoms with Crippen LogP contribution < -0.4 is 4.74 Å². The van der Waals surface area contributed by atoms with Gasteiger partial charge in [0, 0.05) is 30.1 Å². The molecule has 4 rings (SSSR count). The van der Waals surface area contributed by atoms with Crippen molar-refractivity contribution in [2.45, 2.75) is 17.4 Å². The van der Waals surface area contributed by atoms with Crippen molar-refractivity contribution < 1.29 is 22.4 Å². The minimum absolute atomic E-state index is 0.140. The van der Waals surface area contributed by atoms with Gasteiger partial charge in [-0.2, -0.15) is 0 Å². The highest BCUT2D eigenvalue weighted by atomic mass is 32.2. The lowest BCUT2D eigenvalue weighted by Gasteiger charge is -2.15. The van der Waals surface area contributed by atoms with Crippen molar-refractivity contribution in [1.82, 2.24) is 9.88 Å². The Morgan fingerprint density at radius 2 is 2.19 bits per heavy atom. The molecule has 1 fully saturated rings. The van der Waals surface area contributed by atoms with Crippen molar-refractivity contribution in [2.24, 2.45) is 0 Å². The fourth-order valence-corrected chi connectivity index (χ4v) is 5.10. The Bertz CT molecular complexity index is 1070. The van der Waals surface area contributed by atoms with E-state index in [9.17, 15) is 13.2 Å². The van der Waals surface area contributed by atoms with Crippen LogP contribution in [0.4, 0.5) is 0 Å². The highest BCUT2D eigenvalue weighted by Crippen LogP contribution is 2.25. The third-order valence-corrected chi connectivity index (χ3v) is 7.01. The molecule has 1 aromatic carbocycles. The fraction of sp³-hybridized carbons (Fsp3) is 0.316. The molecule has 27 heavy (non-hydrogen) atoms. The number of aromatic amines is 1. The zero-order chi connectivity index (χ0) is 19.0. The average Bonchev–Trinajstić information content (AvgIpc) is 3.39. The summed E-state index contributed by atoms with van der Waals surface area (Å²) in [6.07, 6.45) is 1.89. The van der Waals surface area contributed by atoms with Crippen molar-refractivity contribution in [3.05, 3.63) is 54.1 Å². The summed E-state index contributed by atoms with van der Waals surface area (Å²) < 4.78 is 35.5. The Morgan fingerprint density at radius 3 is 2.93 bits per heavy atom. The molecule has 1 atom stereocenters. The Hall–Kier alpha value is -2.74. The van der Waals surface area contributed by atoms with E-state index < -0.39 is 15.1 Å². The first kappa shape index (κ1) is 17.7. The summed E-state index contributed by atoms with van der Waals surface area (Å²) in [7, 11) is -1.79. The number of hydrogen-bond acceptors (Lipinski definition) is 5. The summed E-state index contributed by atoms with van der Waals surface area (Å²) in [5, 5.41) is 0.330. The van der Waals surface area contributed by atoms with E-state index in [1.54, 1.807) is 30.2 Å². The Morgan fingerprint density at radius 1 is 1.33 bits per heavy atom. The topological polar surface area (TPSA) is 92.6 Å². The van der Waals surface area contributed by atoms with E-state index in [4.69, 9.17) is 9.15 Å².